The summed E-state index contributed by atoms with van der Waals surface area (Å²) in [6, 6.07) is 9.92. The van der Waals surface area contributed by atoms with Crippen molar-refractivity contribution < 1.29 is 0 Å². The molecule has 1 aromatic heterocycles. The zero-order valence-corrected chi connectivity index (χ0v) is 12.6. The monoisotopic (exact) mass is 368 g/mol. The molecule has 1 heterocycles. The van der Waals surface area contributed by atoms with E-state index < -0.39 is 0 Å². The van der Waals surface area contributed by atoms with E-state index >= 15 is 0 Å². The number of rotatable bonds is 3. The maximum Gasteiger partial charge on any atom is 0.282 e. The lowest BCUT2D eigenvalue weighted by atomic mass is 10.2. The molecule has 0 aliphatic heterocycles. The van der Waals surface area contributed by atoms with Gasteiger partial charge in [-0.3, -0.25) is 4.79 Å². The van der Waals surface area contributed by atoms with Crippen molar-refractivity contribution in [2.45, 2.75) is 6.54 Å². The van der Waals surface area contributed by atoms with Crippen molar-refractivity contribution in [1.29, 1.82) is 0 Å². The molecule has 0 saturated carbocycles. The van der Waals surface area contributed by atoms with Crippen molar-refractivity contribution in [1.82, 2.24) is 9.78 Å². The fourth-order valence-corrected chi connectivity index (χ4v) is 2.00. The van der Waals surface area contributed by atoms with E-state index in [0.29, 0.717) is 15.5 Å². The Morgan fingerprint density at radius 3 is 2.67 bits per heavy atom. The second kappa shape index (κ2) is 6.11. The Morgan fingerprint density at radius 2 is 1.94 bits per heavy atom. The van der Waals surface area contributed by atoms with Gasteiger partial charge in [0.15, 0.2) is 0 Å². The first kappa shape index (κ1) is 13.2. The van der Waals surface area contributed by atoms with Gasteiger partial charge in [0.05, 0.1) is 17.2 Å². The Bertz CT molecular complexity index is 621. The lowest BCUT2D eigenvalue weighted by Gasteiger charge is -2.02. The molecule has 0 amide bonds. The third-order valence-electron chi connectivity index (χ3n) is 2.33. The van der Waals surface area contributed by atoms with E-state index in [0.717, 1.165) is 5.56 Å². The Balaban J connectivity index is 2.14. The van der Waals surface area contributed by atoms with Crippen molar-refractivity contribution in [3.05, 3.63) is 67.5 Å². The van der Waals surface area contributed by atoms with Crippen molar-refractivity contribution >= 4 is 37.9 Å². The van der Waals surface area contributed by atoms with Gasteiger partial charge >= 0.3 is 0 Å². The second-order valence-corrected chi connectivity index (χ2v) is 5.25. The molecule has 0 atom stereocenters. The molecule has 2 aromatic rings. The minimum atomic E-state index is -0.151. The second-order valence-electron chi connectivity index (χ2n) is 3.61. The van der Waals surface area contributed by atoms with Crippen LogP contribution in [0.25, 0.3) is 6.08 Å². The standard InChI is InChI=1S/C13H10Br2N2O/c14-11-9-16-17(13(18)12(11)15)8-4-7-10-5-2-1-3-6-10/h1-7,9H,8H2/b7-4+. The molecule has 2 rings (SSSR count). The number of nitrogens with zero attached hydrogens (tertiary/aromatic N) is 2. The summed E-state index contributed by atoms with van der Waals surface area (Å²) < 4.78 is 2.55. The van der Waals surface area contributed by atoms with E-state index in [1.165, 1.54) is 4.68 Å². The number of halogens is 2. The maximum absolute atomic E-state index is 11.8. The Hall–Kier alpha value is -1.20. The highest BCUT2D eigenvalue weighted by Crippen LogP contribution is 2.16. The summed E-state index contributed by atoms with van der Waals surface area (Å²) in [6.45, 7) is 0.444. The molecule has 5 heteroatoms. The summed E-state index contributed by atoms with van der Waals surface area (Å²) in [6.07, 6.45) is 5.47. The Labute approximate surface area is 121 Å². The van der Waals surface area contributed by atoms with Crippen LogP contribution in [0.3, 0.4) is 0 Å². The molecular weight excluding hydrogens is 360 g/mol. The predicted molar refractivity (Wildman–Crippen MR) is 79.4 cm³/mol. The van der Waals surface area contributed by atoms with E-state index in [1.54, 1.807) is 6.20 Å². The van der Waals surface area contributed by atoms with Gasteiger partial charge in [-0.25, -0.2) is 4.68 Å². The average molecular weight is 370 g/mol. The van der Waals surface area contributed by atoms with Gasteiger partial charge in [0, 0.05) is 0 Å². The van der Waals surface area contributed by atoms with Crippen LogP contribution in [0.4, 0.5) is 0 Å². The van der Waals surface area contributed by atoms with Crippen LogP contribution in [-0.4, -0.2) is 9.78 Å². The Kier molecular flexibility index (Phi) is 4.49. The minimum absolute atomic E-state index is 0.151. The van der Waals surface area contributed by atoms with Crippen LogP contribution >= 0.6 is 31.9 Å². The first-order chi connectivity index (χ1) is 8.68. The first-order valence-electron chi connectivity index (χ1n) is 5.31. The molecule has 0 aliphatic carbocycles. The third kappa shape index (κ3) is 3.17. The van der Waals surface area contributed by atoms with Crippen LogP contribution < -0.4 is 5.56 Å². The lowest BCUT2D eigenvalue weighted by Crippen LogP contribution is -2.22. The minimum Gasteiger partial charge on any atom is -0.266 e. The van der Waals surface area contributed by atoms with Gasteiger partial charge in [-0.1, -0.05) is 42.5 Å². The molecule has 3 nitrogen and oxygen atoms in total. The molecule has 0 spiro atoms. The van der Waals surface area contributed by atoms with Crippen molar-refractivity contribution in [2.24, 2.45) is 0 Å². The molecule has 1 aromatic carbocycles. The van der Waals surface area contributed by atoms with Crippen LogP contribution in [0.15, 0.2) is 56.3 Å². The van der Waals surface area contributed by atoms with Gasteiger partial charge < -0.3 is 0 Å². The van der Waals surface area contributed by atoms with Crippen molar-refractivity contribution in [3.63, 3.8) is 0 Å². The van der Waals surface area contributed by atoms with E-state index in [2.05, 4.69) is 37.0 Å². The Morgan fingerprint density at radius 1 is 1.22 bits per heavy atom. The van der Waals surface area contributed by atoms with E-state index in [-0.39, 0.29) is 5.56 Å². The molecule has 0 aliphatic rings. The smallest absolute Gasteiger partial charge is 0.266 e. The van der Waals surface area contributed by atoms with Crippen LogP contribution in [0.2, 0.25) is 0 Å². The number of aromatic nitrogens is 2. The number of hydrogen-bond donors (Lipinski definition) is 0. The molecule has 0 N–H and O–H groups in total. The van der Waals surface area contributed by atoms with Gasteiger partial charge in [-0.05, 0) is 37.4 Å². The van der Waals surface area contributed by atoms with Crippen LogP contribution in [0, 0.1) is 0 Å². The van der Waals surface area contributed by atoms with Crippen LogP contribution in [-0.2, 0) is 6.54 Å². The van der Waals surface area contributed by atoms with Gasteiger partial charge in [0.25, 0.3) is 5.56 Å². The average Bonchev–Trinajstić information content (AvgIpc) is 2.40. The topological polar surface area (TPSA) is 34.9 Å². The summed E-state index contributed by atoms with van der Waals surface area (Å²) in [7, 11) is 0. The van der Waals surface area contributed by atoms with Gasteiger partial charge in [0.1, 0.15) is 4.47 Å². The number of hydrogen-bond acceptors (Lipinski definition) is 2. The molecule has 0 unspecified atom stereocenters. The third-order valence-corrected chi connectivity index (χ3v) is 4.23. The normalized spacial score (nSPS) is 11.0. The fourth-order valence-electron chi connectivity index (χ4n) is 1.43. The van der Waals surface area contributed by atoms with E-state index in [1.807, 2.05) is 42.5 Å². The SMILES string of the molecule is O=c1c(Br)c(Br)cnn1C/C=C/c1ccccc1. The largest absolute Gasteiger partial charge is 0.282 e. The molecular formula is C13H10Br2N2O. The van der Waals surface area contributed by atoms with Crippen LogP contribution in [0.5, 0.6) is 0 Å². The molecule has 0 fully saturated rings. The van der Waals surface area contributed by atoms with Gasteiger partial charge in [-0.2, -0.15) is 5.10 Å². The highest BCUT2D eigenvalue weighted by atomic mass is 79.9. The lowest BCUT2D eigenvalue weighted by molar-refractivity contribution is 0.646. The zero-order chi connectivity index (χ0) is 13.0. The summed E-state index contributed by atoms with van der Waals surface area (Å²) in [5.74, 6) is 0. The molecule has 0 saturated heterocycles. The molecule has 18 heavy (non-hydrogen) atoms. The fraction of sp³-hybridized carbons (Fsp3) is 0.0769. The number of allylic oxidation sites excluding steroid dienone is 1. The number of benzene rings is 1. The van der Waals surface area contributed by atoms with E-state index in [4.69, 9.17) is 0 Å². The predicted octanol–water partition coefficient (Wildman–Crippen LogP) is 3.48. The van der Waals surface area contributed by atoms with Crippen molar-refractivity contribution in [2.75, 3.05) is 0 Å². The first-order valence-corrected chi connectivity index (χ1v) is 6.90. The summed E-state index contributed by atoms with van der Waals surface area (Å²) in [4.78, 5) is 11.8. The van der Waals surface area contributed by atoms with Crippen molar-refractivity contribution in [3.8, 4) is 0 Å². The summed E-state index contributed by atoms with van der Waals surface area (Å²) in [5.41, 5.74) is 0.948. The van der Waals surface area contributed by atoms with E-state index in [9.17, 15) is 4.79 Å². The highest BCUT2D eigenvalue weighted by molar-refractivity contribution is 9.13. The molecule has 0 radical (unpaired) electrons. The highest BCUT2D eigenvalue weighted by Gasteiger charge is 2.04. The molecule has 92 valence electrons. The summed E-state index contributed by atoms with van der Waals surface area (Å²) in [5, 5.41) is 4.05. The van der Waals surface area contributed by atoms with Crippen LogP contribution in [0.1, 0.15) is 5.56 Å². The van der Waals surface area contributed by atoms with Gasteiger partial charge in [0.2, 0.25) is 0 Å². The summed E-state index contributed by atoms with van der Waals surface area (Å²) >= 11 is 6.47. The van der Waals surface area contributed by atoms with Gasteiger partial charge in [-0.15, -0.1) is 0 Å². The molecule has 0 bridgehead atoms. The quantitative estimate of drug-likeness (QED) is 0.830. The maximum atomic E-state index is 11.8. The zero-order valence-electron chi connectivity index (χ0n) is 9.38.